The smallest absolute Gasteiger partial charge is 0.272 e. The molecule has 0 aliphatic carbocycles. The average Bonchev–Trinajstić information content (AvgIpc) is 2.95. The Morgan fingerprint density at radius 1 is 1.17 bits per heavy atom. The van der Waals surface area contributed by atoms with Gasteiger partial charge in [0, 0.05) is 43.6 Å². The zero-order valence-electron chi connectivity index (χ0n) is 13.4. The lowest BCUT2D eigenvalue weighted by molar-refractivity contribution is 0.273. The van der Waals surface area contributed by atoms with E-state index in [1.165, 1.54) is 19.4 Å². The number of H-pyrrole nitrogens is 1. The third-order valence-corrected chi connectivity index (χ3v) is 5.24. The largest absolute Gasteiger partial charge is 0.354 e. The van der Waals surface area contributed by atoms with Crippen LogP contribution in [0.4, 0.5) is 5.82 Å². The van der Waals surface area contributed by atoms with E-state index in [9.17, 15) is 4.79 Å². The molecule has 2 fully saturated rings. The number of halogens is 1. The Bertz CT molecular complexity index is 778. The Hall–Kier alpha value is -1.92. The number of rotatable bonds is 2. The van der Waals surface area contributed by atoms with E-state index in [1.807, 2.05) is 12.1 Å². The minimum Gasteiger partial charge on any atom is -0.354 e. The second-order valence-corrected chi connectivity index (χ2v) is 6.80. The van der Waals surface area contributed by atoms with Gasteiger partial charge in [0.05, 0.1) is 0 Å². The van der Waals surface area contributed by atoms with Gasteiger partial charge in [0.25, 0.3) is 5.56 Å². The lowest BCUT2D eigenvalue weighted by Crippen LogP contribution is -2.37. The van der Waals surface area contributed by atoms with Gasteiger partial charge in [-0.05, 0) is 37.9 Å². The summed E-state index contributed by atoms with van der Waals surface area (Å²) in [7, 11) is 0. The maximum Gasteiger partial charge on any atom is 0.272 e. The number of hydrogen-bond donors (Lipinski definition) is 1. The Morgan fingerprint density at radius 3 is 2.79 bits per heavy atom. The summed E-state index contributed by atoms with van der Waals surface area (Å²) in [5, 5.41) is 0.180. The van der Waals surface area contributed by atoms with E-state index < -0.39 is 0 Å². The molecule has 0 aromatic carbocycles. The van der Waals surface area contributed by atoms with E-state index in [4.69, 9.17) is 11.6 Å². The first-order valence-corrected chi connectivity index (χ1v) is 8.79. The third-order valence-electron chi connectivity index (χ3n) is 4.90. The van der Waals surface area contributed by atoms with Gasteiger partial charge in [0.15, 0.2) is 5.82 Å². The molecule has 7 heteroatoms. The maximum absolute atomic E-state index is 12.3. The predicted octanol–water partition coefficient (Wildman–Crippen LogP) is 2.16. The number of hydrogen-bond acceptors (Lipinski definition) is 5. The van der Waals surface area contributed by atoms with Crippen molar-refractivity contribution in [2.24, 2.45) is 0 Å². The molecule has 0 saturated carbocycles. The zero-order chi connectivity index (χ0) is 16.5. The monoisotopic (exact) mass is 345 g/mol. The molecule has 4 rings (SSSR count). The molecule has 4 heterocycles. The molecule has 0 bridgehead atoms. The van der Waals surface area contributed by atoms with Crippen LogP contribution in [-0.4, -0.2) is 52.1 Å². The molecule has 0 spiro atoms. The van der Waals surface area contributed by atoms with Gasteiger partial charge in [-0.1, -0.05) is 11.6 Å². The molecule has 0 amide bonds. The van der Waals surface area contributed by atoms with E-state index in [-0.39, 0.29) is 10.6 Å². The highest BCUT2D eigenvalue weighted by molar-refractivity contribution is 6.32. The number of anilines is 1. The van der Waals surface area contributed by atoms with E-state index in [0.29, 0.717) is 17.7 Å². The minimum absolute atomic E-state index is 0.180. The highest BCUT2D eigenvalue weighted by Crippen LogP contribution is 2.28. The van der Waals surface area contributed by atoms with Gasteiger partial charge in [-0.3, -0.25) is 14.7 Å². The first kappa shape index (κ1) is 15.6. The second kappa shape index (κ2) is 6.53. The predicted molar refractivity (Wildman–Crippen MR) is 94.5 cm³/mol. The Morgan fingerprint density at radius 2 is 1.96 bits per heavy atom. The molecule has 2 aromatic rings. The number of pyridine rings is 1. The van der Waals surface area contributed by atoms with E-state index in [2.05, 4.69) is 24.8 Å². The van der Waals surface area contributed by atoms with Gasteiger partial charge in [-0.2, -0.15) is 0 Å². The van der Waals surface area contributed by atoms with Gasteiger partial charge < -0.3 is 9.88 Å². The molecule has 6 nitrogen and oxygen atoms in total. The van der Waals surface area contributed by atoms with Gasteiger partial charge >= 0.3 is 0 Å². The Balaban J connectivity index is 1.71. The number of nitrogens with one attached hydrogen (secondary N) is 1. The summed E-state index contributed by atoms with van der Waals surface area (Å²) in [4.78, 5) is 28.5. The first-order chi connectivity index (χ1) is 11.7. The summed E-state index contributed by atoms with van der Waals surface area (Å²) in [5.74, 6) is 1.13. The quantitative estimate of drug-likeness (QED) is 0.903. The zero-order valence-corrected chi connectivity index (χ0v) is 14.2. The van der Waals surface area contributed by atoms with Crippen LogP contribution in [0.15, 0.2) is 29.3 Å². The van der Waals surface area contributed by atoms with Crippen LogP contribution < -0.4 is 10.5 Å². The molecule has 1 atom stereocenters. The maximum atomic E-state index is 12.3. The van der Waals surface area contributed by atoms with Crippen LogP contribution in [0, 0.1) is 0 Å². The summed E-state index contributed by atoms with van der Waals surface area (Å²) in [6, 6.07) is 4.20. The van der Waals surface area contributed by atoms with Crippen molar-refractivity contribution in [3.05, 3.63) is 39.9 Å². The SMILES string of the molecule is O=c1[nH]c(-c2ccncc2)nc(N2CCCN3CCC[C@H]3C2)c1Cl. The highest BCUT2D eigenvalue weighted by Gasteiger charge is 2.30. The number of fused-ring (bicyclic) bond motifs is 1. The van der Waals surface area contributed by atoms with Gasteiger partial charge in [0.1, 0.15) is 10.8 Å². The average molecular weight is 346 g/mol. The molecular weight excluding hydrogens is 326 g/mol. The molecule has 2 aliphatic heterocycles. The van der Waals surface area contributed by atoms with Crippen LogP contribution >= 0.6 is 11.6 Å². The van der Waals surface area contributed by atoms with E-state index in [1.54, 1.807) is 12.4 Å². The summed E-state index contributed by atoms with van der Waals surface area (Å²) >= 11 is 6.31. The molecule has 1 N–H and O–H groups in total. The summed E-state index contributed by atoms with van der Waals surface area (Å²) in [5.41, 5.74) is 0.540. The topological polar surface area (TPSA) is 65.1 Å². The van der Waals surface area contributed by atoms with Crippen molar-refractivity contribution in [1.82, 2.24) is 19.9 Å². The third kappa shape index (κ3) is 2.91. The van der Waals surface area contributed by atoms with E-state index >= 15 is 0 Å². The molecule has 2 aromatic heterocycles. The summed E-state index contributed by atoms with van der Waals surface area (Å²) < 4.78 is 0. The molecule has 126 valence electrons. The van der Waals surface area contributed by atoms with Crippen molar-refractivity contribution in [3.8, 4) is 11.4 Å². The van der Waals surface area contributed by atoms with Crippen LogP contribution in [0.1, 0.15) is 19.3 Å². The first-order valence-electron chi connectivity index (χ1n) is 8.41. The van der Waals surface area contributed by atoms with Crippen LogP contribution in [0.2, 0.25) is 5.02 Å². The van der Waals surface area contributed by atoms with Crippen molar-refractivity contribution < 1.29 is 0 Å². The fourth-order valence-electron chi connectivity index (χ4n) is 3.70. The molecule has 2 saturated heterocycles. The fraction of sp³-hybridized carbons (Fsp3) is 0.471. The minimum atomic E-state index is -0.291. The van der Waals surface area contributed by atoms with Crippen molar-refractivity contribution in [2.75, 3.05) is 31.1 Å². The van der Waals surface area contributed by atoms with Gasteiger partial charge in [-0.25, -0.2) is 4.98 Å². The number of aromatic nitrogens is 3. The van der Waals surface area contributed by atoms with Gasteiger partial charge in [-0.15, -0.1) is 0 Å². The number of nitrogens with zero attached hydrogens (tertiary/aromatic N) is 4. The lowest BCUT2D eigenvalue weighted by atomic mass is 10.2. The summed E-state index contributed by atoms with van der Waals surface area (Å²) in [6.45, 7) is 4.04. The van der Waals surface area contributed by atoms with E-state index in [0.717, 1.165) is 31.6 Å². The lowest BCUT2D eigenvalue weighted by Gasteiger charge is -2.27. The Kier molecular flexibility index (Phi) is 4.24. The fourth-order valence-corrected chi connectivity index (χ4v) is 3.91. The van der Waals surface area contributed by atoms with Crippen molar-refractivity contribution >= 4 is 17.4 Å². The molecule has 2 aliphatic rings. The normalized spacial score (nSPS) is 21.5. The van der Waals surface area contributed by atoms with Crippen LogP contribution in [0.5, 0.6) is 0 Å². The van der Waals surface area contributed by atoms with Crippen molar-refractivity contribution in [3.63, 3.8) is 0 Å². The molecule has 24 heavy (non-hydrogen) atoms. The Labute approximate surface area is 145 Å². The van der Waals surface area contributed by atoms with Crippen LogP contribution in [0.3, 0.4) is 0 Å². The van der Waals surface area contributed by atoms with Crippen LogP contribution in [0.25, 0.3) is 11.4 Å². The molecular formula is C17H20ClN5O. The molecule has 0 unspecified atom stereocenters. The molecule has 0 radical (unpaired) electrons. The second-order valence-electron chi connectivity index (χ2n) is 6.42. The summed E-state index contributed by atoms with van der Waals surface area (Å²) in [6.07, 6.45) is 6.88. The number of aromatic amines is 1. The highest BCUT2D eigenvalue weighted by atomic mass is 35.5. The standard InChI is InChI=1S/C17H20ClN5O/c18-14-16(23-10-2-9-22-8-1-3-13(22)11-23)20-15(21-17(14)24)12-4-6-19-7-5-12/h4-7,13H,1-3,8-11H2,(H,20,21,24)/t13-/m0/s1. The van der Waals surface area contributed by atoms with Gasteiger partial charge in [0.2, 0.25) is 0 Å². The van der Waals surface area contributed by atoms with Crippen LogP contribution in [-0.2, 0) is 0 Å². The van der Waals surface area contributed by atoms with Crippen molar-refractivity contribution in [1.29, 1.82) is 0 Å². The van der Waals surface area contributed by atoms with Crippen molar-refractivity contribution in [2.45, 2.75) is 25.3 Å².